The molecule has 25 heavy (non-hydrogen) atoms. The van der Waals surface area contributed by atoms with Crippen molar-refractivity contribution < 1.29 is 13.2 Å². The van der Waals surface area contributed by atoms with E-state index in [0.717, 1.165) is 18.2 Å². The Hall–Kier alpha value is -0.980. The summed E-state index contributed by atoms with van der Waals surface area (Å²) in [6.45, 7) is 0.135. The van der Waals surface area contributed by atoms with E-state index in [1.807, 2.05) is 0 Å². The normalized spacial score (nSPS) is 13.4. The van der Waals surface area contributed by atoms with E-state index in [4.69, 9.17) is 52.1 Å². The summed E-state index contributed by atoms with van der Waals surface area (Å²) in [5, 5.41) is 0.184. The second-order valence-electron chi connectivity index (χ2n) is 5.08. The third-order valence-corrected chi connectivity index (χ3v) is 4.86. The van der Waals surface area contributed by atoms with Crippen LogP contribution in [0.15, 0.2) is 30.5 Å². The number of allylic oxidation sites excluding steroid dienone is 1. The van der Waals surface area contributed by atoms with Gasteiger partial charge in [-0.1, -0.05) is 58.6 Å². The van der Waals surface area contributed by atoms with E-state index in [1.165, 1.54) is 18.3 Å². The zero-order chi connectivity index (χ0) is 18.8. The number of alkyl halides is 3. The smallest absolute Gasteiger partial charge is 0.325 e. The third kappa shape index (κ3) is 5.02. The highest BCUT2D eigenvalue weighted by molar-refractivity contribution is 6.48. The van der Waals surface area contributed by atoms with Gasteiger partial charge in [-0.05, 0) is 29.3 Å². The molecule has 0 saturated heterocycles. The van der Waals surface area contributed by atoms with Gasteiger partial charge < -0.3 is 5.73 Å². The van der Waals surface area contributed by atoms with Crippen molar-refractivity contribution in [2.45, 2.75) is 18.6 Å². The standard InChI is InChI=1S/C16H11Cl4F3N2/c17-11-3-8(7-25-14(11)6-24)1-2-10(16(21,22)23)9-4-12(18)15(20)13(19)5-9/h1-5,7,10H,6,24H2/b2-1+. The molecule has 0 aliphatic heterocycles. The molecule has 0 fully saturated rings. The molecule has 0 spiro atoms. The highest BCUT2D eigenvalue weighted by Crippen LogP contribution is 2.41. The molecule has 9 heteroatoms. The lowest BCUT2D eigenvalue weighted by atomic mass is 9.97. The van der Waals surface area contributed by atoms with Gasteiger partial charge in [0, 0.05) is 12.7 Å². The Balaban J connectivity index is 2.41. The van der Waals surface area contributed by atoms with Gasteiger partial charge in [0.2, 0.25) is 0 Å². The number of nitrogens with two attached hydrogens (primary N) is 1. The minimum atomic E-state index is -4.55. The number of nitrogens with zero attached hydrogens (tertiary/aromatic N) is 1. The number of rotatable bonds is 4. The molecule has 0 amide bonds. The summed E-state index contributed by atoms with van der Waals surface area (Å²) < 4.78 is 40.3. The quantitative estimate of drug-likeness (QED) is 0.562. The van der Waals surface area contributed by atoms with Crippen molar-refractivity contribution >= 4 is 52.5 Å². The summed E-state index contributed by atoms with van der Waals surface area (Å²) in [5.74, 6) is -1.92. The van der Waals surface area contributed by atoms with Crippen LogP contribution in [0, 0.1) is 0 Å². The third-order valence-electron chi connectivity index (χ3n) is 3.33. The number of benzene rings is 1. The zero-order valence-corrected chi connectivity index (χ0v) is 15.4. The van der Waals surface area contributed by atoms with Crippen molar-refractivity contribution in [3.8, 4) is 0 Å². The van der Waals surface area contributed by atoms with Gasteiger partial charge in [-0.25, -0.2) is 0 Å². The fourth-order valence-corrected chi connectivity index (χ4v) is 2.96. The van der Waals surface area contributed by atoms with Gasteiger partial charge in [0.1, 0.15) is 0 Å². The molecule has 134 valence electrons. The van der Waals surface area contributed by atoms with E-state index >= 15 is 0 Å². The topological polar surface area (TPSA) is 38.9 Å². The van der Waals surface area contributed by atoms with Crippen molar-refractivity contribution in [1.29, 1.82) is 0 Å². The fourth-order valence-electron chi connectivity index (χ4n) is 2.09. The van der Waals surface area contributed by atoms with E-state index in [9.17, 15) is 13.2 Å². The Morgan fingerprint density at radius 3 is 2.12 bits per heavy atom. The Morgan fingerprint density at radius 2 is 1.64 bits per heavy atom. The lowest BCUT2D eigenvalue weighted by molar-refractivity contribution is -0.139. The van der Waals surface area contributed by atoms with Crippen molar-refractivity contribution in [2.75, 3.05) is 0 Å². The van der Waals surface area contributed by atoms with Crippen LogP contribution in [-0.2, 0) is 6.54 Å². The van der Waals surface area contributed by atoms with E-state index in [0.29, 0.717) is 11.3 Å². The molecule has 0 aliphatic rings. The fraction of sp³-hybridized carbons (Fsp3) is 0.188. The highest BCUT2D eigenvalue weighted by atomic mass is 35.5. The summed E-state index contributed by atoms with van der Waals surface area (Å²) in [4.78, 5) is 4.00. The van der Waals surface area contributed by atoms with Gasteiger partial charge in [-0.2, -0.15) is 13.2 Å². The first-order valence-corrected chi connectivity index (χ1v) is 8.38. The maximum Gasteiger partial charge on any atom is 0.399 e. The van der Waals surface area contributed by atoms with E-state index in [-0.39, 0.29) is 32.2 Å². The molecule has 1 aromatic carbocycles. The Bertz CT molecular complexity index is 783. The van der Waals surface area contributed by atoms with Crippen LogP contribution in [0.4, 0.5) is 13.2 Å². The number of halogens is 7. The molecular formula is C16H11Cl4F3N2. The Morgan fingerprint density at radius 1 is 1.04 bits per heavy atom. The van der Waals surface area contributed by atoms with Gasteiger partial charge in [0.05, 0.1) is 31.7 Å². The minimum Gasteiger partial charge on any atom is -0.325 e. The number of pyridine rings is 1. The molecule has 0 saturated carbocycles. The molecule has 0 radical (unpaired) electrons. The molecule has 2 aromatic rings. The lowest BCUT2D eigenvalue weighted by Crippen LogP contribution is -2.19. The molecule has 1 atom stereocenters. The predicted molar refractivity (Wildman–Crippen MR) is 96.4 cm³/mol. The van der Waals surface area contributed by atoms with Crippen LogP contribution in [0.3, 0.4) is 0 Å². The number of hydrogen-bond acceptors (Lipinski definition) is 2. The molecule has 2 rings (SSSR count). The van der Waals surface area contributed by atoms with Crippen molar-refractivity contribution in [1.82, 2.24) is 4.98 Å². The average Bonchev–Trinajstić information content (AvgIpc) is 2.51. The summed E-state index contributed by atoms with van der Waals surface area (Å²) in [5.41, 5.74) is 6.19. The average molecular weight is 430 g/mol. The van der Waals surface area contributed by atoms with Gasteiger partial charge >= 0.3 is 6.18 Å². The van der Waals surface area contributed by atoms with Crippen LogP contribution in [0.5, 0.6) is 0 Å². The SMILES string of the molecule is NCc1ncc(/C=C/C(c2cc(Cl)c(Cl)c(Cl)c2)C(F)(F)F)cc1Cl. The minimum absolute atomic E-state index is 0.00495. The Kier molecular flexibility index (Phi) is 6.62. The summed E-state index contributed by atoms with van der Waals surface area (Å²) in [6, 6.07) is 3.77. The monoisotopic (exact) mass is 428 g/mol. The summed E-state index contributed by atoms with van der Waals surface area (Å²) in [7, 11) is 0. The molecule has 1 heterocycles. The molecule has 2 N–H and O–H groups in total. The van der Waals surface area contributed by atoms with Crippen LogP contribution in [0.2, 0.25) is 20.1 Å². The molecule has 0 bridgehead atoms. The van der Waals surface area contributed by atoms with Crippen molar-refractivity contribution in [2.24, 2.45) is 5.73 Å². The molecule has 1 aromatic heterocycles. The van der Waals surface area contributed by atoms with Gasteiger partial charge in [-0.3, -0.25) is 4.98 Å². The van der Waals surface area contributed by atoms with Crippen LogP contribution in [-0.4, -0.2) is 11.2 Å². The second-order valence-corrected chi connectivity index (χ2v) is 6.68. The number of hydrogen-bond donors (Lipinski definition) is 1. The predicted octanol–water partition coefficient (Wildman–Crippen LogP) is 6.51. The van der Waals surface area contributed by atoms with Crippen LogP contribution in [0.25, 0.3) is 6.08 Å². The summed E-state index contributed by atoms with van der Waals surface area (Å²) in [6.07, 6.45) is -0.912. The lowest BCUT2D eigenvalue weighted by Gasteiger charge is -2.18. The first-order chi connectivity index (χ1) is 11.6. The molecule has 2 nitrogen and oxygen atoms in total. The van der Waals surface area contributed by atoms with Gasteiger partial charge in [0.15, 0.2) is 0 Å². The van der Waals surface area contributed by atoms with Gasteiger partial charge in [0.25, 0.3) is 0 Å². The Labute approximate surface area is 162 Å². The van der Waals surface area contributed by atoms with E-state index in [1.54, 1.807) is 0 Å². The summed E-state index contributed by atoms with van der Waals surface area (Å²) >= 11 is 23.4. The molecule has 1 unspecified atom stereocenters. The van der Waals surface area contributed by atoms with E-state index in [2.05, 4.69) is 4.98 Å². The van der Waals surface area contributed by atoms with Crippen LogP contribution >= 0.6 is 46.4 Å². The zero-order valence-electron chi connectivity index (χ0n) is 12.4. The van der Waals surface area contributed by atoms with Crippen LogP contribution < -0.4 is 5.73 Å². The number of aromatic nitrogens is 1. The second kappa shape index (κ2) is 8.14. The van der Waals surface area contributed by atoms with Crippen molar-refractivity contribution in [3.63, 3.8) is 0 Å². The maximum absolute atomic E-state index is 13.4. The first kappa shape index (κ1) is 20.3. The highest BCUT2D eigenvalue weighted by Gasteiger charge is 2.39. The van der Waals surface area contributed by atoms with Gasteiger partial charge in [-0.15, -0.1) is 0 Å². The molecular weight excluding hydrogens is 419 g/mol. The maximum atomic E-state index is 13.4. The largest absolute Gasteiger partial charge is 0.399 e. The first-order valence-electron chi connectivity index (χ1n) is 6.87. The molecule has 0 aliphatic carbocycles. The van der Waals surface area contributed by atoms with Crippen LogP contribution in [0.1, 0.15) is 22.7 Å². The van der Waals surface area contributed by atoms with Crippen molar-refractivity contribution in [3.05, 3.63) is 67.4 Å². The van der Waals surface area contributed by atoms with E-state index < -0.39 is 12.1 Å².